The molecule has 0 spiro atoms. The number of rotatable bonds is 7. The number of aromatic carboxylic acids is 1. The van der Waals surface area contributed by atoms with E-state index < -0.39 is 23.5 Å². The fourth-order valence-electron chi connectivity index (χ4n) is 3.09. The standard InChI is InChI=1S/C20H15F2N5O4/c1-2-30-20-16(23-18(31-20)19(28)29)9-13-14(21)7-10(8-15(13)22)11-5-3-4-6-12(11)17-24-26-27-25-17/h3-8H,2,9H2,1H3,(H,28,29)(H,24,25,26,27). The summed E-state index contributed by atoms with van der Waals surface area (Å²) in [7, 11) is 0. The number of nitrogens with one attached hydrogen (secondary N) is 1. The number of benzene rings is 2. The van der Waals surface area contributed by atoms with Crippen LogP contribution >= 0.6 is 0 Å². The Kier molecular flexibility index (Phi) is 5.39. The Labute approximate surface area is 173 Å². The third kappa shape index (κ3) is 3.97. The Balaban J connectivity index is 1.73. The first kappa shape index (κ1) is 20.1. The zero-order valence-electron chi connectivity index (χ0n) is 16.1. The van der Waals surface area contributed by atoms with E-state index in [1.54, 1.807) is 31.2 Å². The Bertz CT molecular complexity index is 1220. The van der Waals surface area contributed by atoms with Crippen LogP contribution in [-0.4, -0.2) is 43.3 Å². The minimum absolute atomic E-state index is 0.0167. The number of aromatic amines is 1. The fourth-order valence-corrected chi connectivity index (χ4v) is 3.09. The maximum Gasteiger partial charge on any atom is 0.392 e. The molecule has 0 radical (unpaired) electrons. The normalized spacial score (nSPS) is 10.9. The molecule has 11 heteroatoms. The van der Waals surface area contributed by atoms with Crippen molar-refractivity contribution in [2.75, 3.05) is 6.61 Å². The Hall–Kier alpha value is -4.15. The lowest BCUT2D eigenvalue weighted by Gasteiger charge is -2.10. The van der Waals surface area contributed by atoms with Crippen molar-refractivity contribution in [3.05, 3.63) is 65.2 Å². The SMILES string of the molecule is CCOc1oc(C(=O)O)nc1Cc1c(F)cc(-c2ccccc2-c2nn[nH]n2)cc1F. The Morgan fingerprint density at radius 3 is 2.52 bits per heavy atom. The predicted octanol–water partition coefficient (Wildman–Crippen LogP) is 3.49. The second-order valence-corrected chi connectivity index (χ2v) is 6.37. The van der Waals surface area contributed by atoms with Crippen molar-refractivity contribution in [2.45, 2.75) is 13.3 Å². The highest BCUT2D eigenvalue weighted by Gasteiger charge is 2.23. The van der Waals surface area contributed by atoms with Gasteiger partial charge in [0.15, 0.2) is 0 Å². The van der Waals surface area contributed by atoms with E-state index >= 15 is 0 Å². The molecule has 2 aromatic carbocycles. The highest BCUT2D eigenvalue weighted by Crippen LogP contribution is 2.33. The number of carboxylic acid groups (broad SMARTS) is 1. The van der Waals surface area contributed by atoms with E-state index in [0.29, 0.717) is 11.1 Å². The van der Waals surface area contributed by atoms with Gasteiger partial charge in [0.25, 0.3) is 0 Å². The maximum atomic E-state index is 14.9. The average molecular weight is 427 g/mol. The third-order valence-electron chi connectivity index (χ3n) is 4.43. The molecule has 2 heterocycles. The number of H-pyrrole nitrogens is 1. The molecule has 2 N–H and O–H groups in total. The zero-order chi connectivity index (χ0) is 22.0. The Morgan fingerprint density at radius 2 is 1.90 bits per heavy atom. The molecule has 0 aliphatic rings. The van der Waals surface area contributed by atoms with Gasteiger partial charge in [0, 0.05) is 17.5 Å². The molecule has 0 fully saturated rings. The number of nitrogens with zero attached hydrogens (tertiary/aromatic N) is 4. The number of ether oxygens (including phenoxy) is 1. The van der Waals surface area contributed by atoms with E-state index in [-0.39, 0.29) is 41.6 Å². The summed E-state index contributed by atoms with van der Waals surface area (Å²) in [6, 6.07) is 9.21. The highest BCUT2D eigenvalue weighted by atomic mass is 19.1. The number of hydrogen-bond acceptors (Lipinski definition) is 7. The van der Waals surface area contributed by atoms with Crippen LogP contribution in [0.15, 0.2) is 40.8 Å². The molecule has 31 heavy (non-hydrogen) atoms. The summed E-state index contributed by atoms with van der Waals surface area (Å²) in [6.07, 6.45) is -0.351. The summed E-state index contributed by atoms with van der Waals surface area (Å²) < 4.78 is 40.1. The molecule has 158 valence electrons. The van der Waals surface area contributed by atoms with Crippen molar-refractivity contribution in [1.82, 2.24) is 25.6 Å². The lowest BCUT2D eigenvalue weighted by Crippen LogP contribution is -2.02. The van der Waals surface area contributed by atoms with Crippen LogP contribution in [0.25, 0.3) is 22.5 Å². The van der Waals surface area contributed by atoms with Gasteiger partial charge in [-0.1, -0.05) is 24.3 Å². The van der Waals surface area contributed by atoms with Gasteiger partial charge >= 0.3 is 17.8 Å². The summed E-state index contributed by atoms with van der Waals surface area (Å²) in [5, 5.41) is 22.8. The first-order valence-electron chi connectivity index (χ1n) is 9.14. The van der Waals surface area contributed by atoms with E-state index in [1.165, 1.54) is 12.1 Å². The van der Waals surface area contributed by atoms with Gasteiger partial charge in [-0.05, 0) is 35.4 Å². The second-order valence-electron chi connectivity index (χ2n) is 6.37. The van der Waals surface area contributed by atoms with Crippen molar-refractivity contribution in [2.24, 2.45) is 0 Å². The molecular weight excluding hydrogens is 412 g/mol. The van der Waals surface area contributed by atoms with Gasteiger partial charge in [-0.25, -0.2) is 18.6 Å². The molecule has 0 atom stereocenters. The van der Waals surface area contributed by atoms with Gasteiger partial charge in [0.2, 0.25) is 5.82 Å². The minimum Gasteiger partial charge on any atom is -0.474 e. The Morgan fingerprint density at radius 1 is 1.19 bits per heavy atom. The largest absolute Gasteiger partial charge is 0.474 e. The molecule has 0 saturated carbocycles. The predicted molar refractivity (Wildman–Crippen MR) is 102 cm³/mol. The molecule has 0 aliphatic heterocycles. The smallest absolute Gasteiger partial charge is 0.392 e. The second kappa shape index (κ2) is 8.30. The molecule has 0 unspecified atom stereocenters. The van der Waals surface area contributed by atoms with E-state index in [0.717, 1.165) is 0 Å². The average Bonchev–Trinajstić information content (AvgIpc) is 3.41. The van der Waals surface area contributed by atoms with Crippen molar-refractivity contribution >= 4 is 5.97 Å². The summed E-state index contributed by atoms with van der Waals surface area (Å²) in [5.41, 5.74) is 1.02. The van der Waals surface area contributed by atoms with Gasteiger partial charge in [0.1, 0.15) is 17.3 Å². The summed E-state index contributed by atoms with van der Waals surface area (Å²) >= 11 is 0. The van der Waals surface area contributed by atoms with Crippen LogP contribution < -0.4 is 4.74 Å². The first-order valence-corrected chi connectivity index (χ1v) is 9.14. The number of halogens is 2. The number of tetrazole rings is 1. The molecular formula is C20H15F2N5O4. The molecule has 4 rings (SSSR count). The maximum absolute atomic E-state index is 14.9. The van der Waals surface area contributed by atoms with Crippen LogP contribution in [0.5, 0.6) is 5.95 Å². The highest BCUT2D eigenvalue weighted by molar-refractivity contribution is 5.82. The molecule has 0 aliphatic carbocycles. The molecule has 9 nitrogen and oxygen atoms in total. The van der Waals surface area contributed by atoms with Crippen molar-refractivity contribution in [1.29, 1.82) is 0 Å². The van der Waals surface area contributed by atoms with E-state index in [1.807, 2.05) is 0 Å². The van der Waals surface area contributed by atoms with Gasteiger partial charge in [-0.15, -0.1) is 10.2 Å². The van der Waals surface area contributed by atoms with E-state index in [9.17, 15) is 13.6 Å². The van der Waals surface area contributed by atoms with E-state index in [2.05, 4.69) is 25.6 Å². The summed E-state index contributed by atoms with van der Waals surface area (Å²) in [6.45, 7) is 1.82. The fraction of sp³-hybridized carbons (Fsp3) is 0.150. The molecule has 0 amide bonds. The number of hydrogen-bond donors (Lipinski definition) is 2. The summed E-state index contributed by atoms with van der Waals surface area (Å²) in [4.78, 5) is 14.9. The zero-order valence-corrected chi connectivity index (χ0v) is 16.1. The van der Waals surface area contributed by atoms with Crippen LogP contribution in [0, 0.1) is 11.6 Å². The van der Waals surface area contributed by atoms with Crippen molar-refractivity contribution < 1.29 is 27.8 Å². The van der Waals surface area contributed by atoms with Crippen LogP contribution in [0.3, 0.4) is 0 Å². The van der Waals surface area contributed by atoms with Gasteiger partial charge in [-0.2, -0.15) is 5.21 Å². The number of oxazole rings is 1. The molecule has 0 bridgehead atoms. The van der Waals surface area contributed by atoms with Crippen LogP contribution in [0.2, 0.25) is 0 Å². The van der Waals surface area contributed by atoms with Gasteiger partial charge < -0.3 is 14.3 Å². The van der Waals surface area contributed by atoms with Crippen molar-refractivity contribution in [3.8, 4) is 28.5 Å². The van der Waals surface area contributed by atoms with Crippen LogP contribution in [0.4, 0.5) is 8.78 Å². The topological polar surface area (TPSA) is 127 Å². The monoisotopic (exact) mass is 427 g/mol. The van der Waals surface area contributed by atoms with Gasteiger partial charge in [-0.3, -0.25) is 0 Å². The van der Waals surface area contributed by atoms with Crippen LogP contribution in [0.1, 0.15) is 28.9 Å². The van der Waals surface area contributed by atoms with Gasteiger partial charge in [0.05, 0.1) is 6.61 Å². The van der Waals surface area contributed by atoms with Crippen LogP contribution in [-0.2, 0) is 6.42 Å². The lowest BCUT2D eigenvalue weighted by atomic mass is 9.96. The molecule has 4 aromatic rings. The van der Waals surface area contributed by atoms with E-state index in [4.69, 9.17) is 14.3 Å². The first-order chi connectivity index (χ1) is 15.0. The molecule has 0 saturated heterocycles. The number of carbonyl (C=O) groups is 1. The quantitative estimate of drug-likeness (QED) is 0.459. The third-order valence-corrected chi connectivity index (χ3v) is 4.43. The lowest BCUT2D eigenvalue weighted by molar-refractivity contribution is 0.0645. The molecule has 2 aromatic heterocycles. The number of aromatic nitrogens is 5. The number of carboxylic acids is 1. The van der Waals surface area contributed by atoms with Crippen molar-refractivity contribution in [3.63, 3.8) is 0 Å². The summed E-state index contributed by atoms with van der Waals surface area (Å²) in [5.74, 6) is -3.61. The minimum atomic E-state index is -1.42.